The number of aliphatic hydroxyl groups excluding tert-OH is 3. The summed E-state index contributed by atoms with van der Waals surface area (Å²) < 4.78 is 29.1. The highest BCUT2D eigenvalue weighted by Crippen LogP contribution is 2.45. The highest BCUT2D eigenvalue weighted by Gasteiger charge is 2.48. The molecule has 13 heteroatoms. The van der Waals surface area contributed by atoms with E-state index in [0.717, 1.165) is 38.5 Å². The number of rotatable bonds is 20. The summed E-state index contributed by atoms with van der Waals surface area (Å²) in [5.74, 6) is -4.07. The van der Waals surface area contributed by atoms with Gasteiger partial charge in [0.05, 0.1) is 42.5 Å². The molecule has 0 aromatic heterocycles. The van der Waals surface area contributed by atoms with Crippen LogP contribution in [0, 0.1) is 35.5 Å². The third kappa shape index (κ3) is 11.7. The number of ketones is 2. The van der Waals surface area contributed by atoms with E-state index in [0.29, 0.717) is 18.8 Å². The van der Waals surface area contributed by atoms with Gasteiger partial charge in [-0.25, -0.2) is 9.59 Å². The van der Waals surface area contributed by atoms with Crippen LogP contribution in [-0.2, 0) is 47.7 Å². The molecular weight excluding hydrogens is 700 g/mol. The third-order valence-electron chi connectivity index (χ3n) is 12.1. The maximum Gasteiger partial charge on any atom is 0.345 e. The van der Waals surface area contributed by atoms with Crippen LogP contribution in [0.5, 0.6) is 0 Å². The molecular formula is C41H66O13. The Labute approximate surface area is 320 Å². The number of methoxy groups -OCH3 is 1. The molecule has 0 aromatic carbocycles. The van der Waals surface area contributed by atoms with Crippen LogP contribution in [0.4, 0.5) is 0 Å². The lowest BCUT2D eigenvalue weighted by Gasteiger charge is -2.51. The molecule has 3 aliphatic heterocycles. The van der Waals surface area contributed by atoms with Crippen LogP contribution in [0.3, 0.4) is 0 Å². The van der Waals surface area contributed by atoms with Crippen LogP contribution in [0.1, 0.15) is 127 Å². The molecule has 13 atom stereocenters. The molecule has 3 heterocycles. The van der Waals surface area contributed by atoms with Crippen molar-refractivity contribution in [1.29, 1.82) is 0 Å². The van der Waals surface area contributed by atoms with E-state index >= 15 is 0 Å². The summed E-state index contributed by atoms with van der Waals surface area (Å²) in [4.78, 5) is 61.6. The Balaban J connectivity index is 1.54. The van der Waals surface area contributed by atoms with Crippen LogP contribution in [0.25, 0.3) is 0 Å². The lowest BCUT2D eigenvalue weighted by Crippen LogP contribution is -2.53. The Bertz CT molecular complexity index is 1350. The first-order chi connectivity index (χ1) is 25.2. The van der Waals surface area contributed by atoms with Gasteiger partial charge in [0, 0.05) is 43.8 Å². The molecule has 1 spiro atoms. The molecule has 3 rings (SSSR count). The summed E-state index contributed by atoms with van der Waals surface area (Å²) in [6.07, 6.45) is -1.03. The third-order valence-corrected chi connectivity index (χ3v) is 12.1. The smallest absolute Gasteiger partial charge is 0.345 e. The van der Waals surface area contributed by atoms with E-state index in [1.807, 2.05) is 6.92 Å². The summed E-state index contributed by atoms with van der Waals surface area (Å²) in [6.45, 7) is 16.5. The minimum absolute atomic E-state index is 0.00210. The van der Waals surface area contributed by atoms with Gasteiger partial charge in [0.2, 0.25) is 0 Å². The van der Waals surface area contributed by atoms with Crippen molar-refractivity contribution in [2.24, 2.45) is 35.5 Å². The van der Waals surface area contributed by atoms with Crippen molar-refractivity contribution in [2.45, 2.75) is 175 Å². The molecule has 3 N–H and O–H groups in total. The Hall–Kier alpha value is -2.55. The minimum Gasteiger partial charge on any atom is -0.459 e. The van der Waals surface area contributed by atoms with Gasteiger partial charge < -0.3 is 39.0 Å². The van der Waals surface area contributed by atoms with E-state index in [9.17, 15) is 39.3 Å². The van der Waals surface area contributed by atoms with Gasteiger partial charge in [0.1, 0.15) is 23.8 Å². The maximum absolute atomic E-state index is 13.3. The van der Waals surface area contributed by atoms with E-state index in [-0.39, 0.29) is 65.0 Å². The first kappa shape index (κ1) is 45.8. The van der Waals surface area contributed by atoms with Crippen molar-refractivity contribution in [3.05, 3.63) is 11.1 Å². The zero-order valence-corrected chi connectivity index (χ0v) is 34.0. The first-order valence-electron chi connectivity index (χ1n) is 19.8. The van der Waals surface area contributed by atoms with Gasteiger partial charge in [0.25, 0.3) is 0 Å². The van der Waals surface area contributed by atoms with Gasteiger partial charge in [-0.05, 0) is 76.0 Å². The van der Waals surface area contributed by atoms with Crippen LogP contribution < -0.4 is 0 Å². The summed E-state index contributed by atoms with van der Waals surface area (Å²) in [5, 5.41) is 32.7. The monoisotopic (exact) mass is 766 g/mol. The van der Waals surface area contributed by atoms with Crippen LogP contribution in [0.15, 0.2) is 11.1 Å². The summed E-state index contributed by atoms with van der Waals surface area (Å²) in [7, 11) is 1.32. The van der Waals surface area contributed by atoms with Crippen molar-refractivity contribution in [1.82, 2.24) is 0 Å². The predicted molar refractivity (Wildman–Crippen MR) is 197 cm³/mol. The second kappa shape index (κ2) is 20.0. The highest BCUT2D eigenvalue weighted by atomic mass is 16.7. The molecule has 0 bridgehead atoms. The fourth-order valence-corrected chi connectivity index (χ4v) is 8.02. The zero-order chi connectivity index (χ0) is 40.7. The Morgan fingerprint density at radius 1 is 0.852 bits per heavy atom. The molecule has 0 aliphatic carbocycles. The molecule has 3 aliphatic rings. The van der Waals surface area contributed by atoms with Gasteiger partial charge in [-0.2, -0.15) is 0 Å². The highest BCUT2D eigenvalue weighted by molar-refractivity contribution is 6.12. The topological polar surface area (TPSA) is 192 Å². The molecule has 13 nitrogen and oxygen atoms in total. The fourth-order valence-electron chi connectivity index (χ4n) is 8.02. The number of aliphatic hydroxyl groups is 3. The molecule has 2 saturated heterocycles. The minimum atomic E-state index is -1.63. The van der Waals surface area contributed by atoms with Crippen molar-refractivity contribution in [3.8, 4) is 0 Å². The quantitative estimate of drug-likeness (QED) is 0.113. The van der Waals surface area contributed by atoms with Gasteiger partial charge >= 0.3 is 17.9 Å². The number of esters is 3. The SMILES string of the molecule is CO[C@H]([C@H](O)CC(=O)[C@@H](C)[C@@H](O)CC[C@@H](C)[C@@H]1OC2(CC[C@@H](C)[C@H](CC[C@H](C)C(C)=O)O2)CC[C@@H]1C)[C@H](OC(=O)C[C@@H](O)C1=C(C)C(=O)OC1=O)C(C)C. The Kier molecular flexibility index (Phi) is 17.0. The van der Waals surface area contributed by atoms with E-state index in [2.05, 4.69) is 25.5 Å². The normalized spacial score (nSPS) is 29.3. The predicted octanol–water partition coefficient (Wildman–Crippen LogP) is 4.79. The molecule has 2 fully saturated rings. The van der Waals surface area contributed by atoms with Crippen molar-refractivity contribution >= 4 is 29.5 Å². The zero-order valence-electron chi connectivity index (χ0n) is 34.0. The summed E-state index contributed by atoms with van der Waals surface area (Å²) in [5.41, 5.74) is -0.403. The summed E-state index contributed by atoms with van der Waals surface area (Å²) >= 11 is 0. The molecule has 54 heavy (non-hydrogen) atoms. The molecule has 1 unspecified atom stereocenters. The van der Waals surface area contributed by atoms with Crippen molar-refractivity contribution in [2.75, 3.05) is 7.11 Å². The van der Waals surface area contributed by atoms with Crippen molar-refractivity contribution in [3.63, 3.8) is 0 Å². The first-order valence-corrected chi connectivity index (χ1v) is 19.8. The Morgan fingerprint density at radius 2 is 1.48 bits per heavy atom. The number of ether oxygens (including phenoxy) is 5. The van der Waals surface area contributed by atoms with Crippen LogP contribution in [-0.4, -0.2) is 100 Å². The molecule has 0 saturated carbocycles. The van der Waals surface area contributed by atoms with Gasteiger partial charge in [-0.1, -0.05) is 48.5 Å². The second-order valence-electron chi connectivity index (χ2n) is 16.8. The van der Waals surface area contributed by atoms with E-state index in [1.54, 1.807) is 27.7 Å². The molecule has 0 aromatic rings. The number of hydrogen-bond acceptors (Lipinski definition) is 13. The number of cyclic esters (lactones) is 2. The van der Waals surface area contributed by atoms with E-state index in [4.69, 9.17) is 18.9 Å². The van der Waals surface area contributed by atoms with Gasteiger partial charge in [0.15, 0.2) is 5.79 Å². The average molecular weight is 767 g/mol. The lowest BCUT2D eigenvalue weighted by atomic mass is 9.79. The standard InChI is InChI=1S/C41H66O13/c1-21(2)36(51-34(47)20-31(45)35-27(8)39(48)52-40(35)49)38(50-10)32(46)19-30(44)26(7)29(43)13-11-24(5)37-25(6)16-18-41(54-37)17-15-23(4)33(53-41)14-12-22(3)28(9)42/h21-26,29,31-33,36-38,43,45-46H,11-20H2,1-10H3/t22-,23+,24+,25-,26-,29-,31+,32+,33-,36+,37-,38+,41?/m0/s1. The number of hydrogen-bond donors (Lipinski definition) is 3. The van der Waals surface area contributed by atoms with E-state index < -0.39 is 66.6 Å². The van der Waals surface area contributed by atoms with Gasteiger partial charge in [-0.15, -0.1) is 0 Å². The van der Waals surface area contributed by atoms with E-state index in [1.165, 1.54) is 14.0 Å². The largest absolute Gasteiger partial charge is 0.459 e. The number of Topliss-reactive ketones (excluding diaryl/α,β-unsaturated/α-hetero) is 2. The Morgan fingerprint density at radius 3 is 2.04 bits per heavy atom. The fraction of sp³-hybridized carbons (Fsp3) is 0.829. The maximum atomic E-state index is 13.3. The number of carbonyl (C=O) groups excluding carboxylic acids is 5. The van der Waals surface area contributed by atoms with Gasteiger partial charge in [-0.3, -0.25) is 14.4 Å². The molecule has 0 radical (unpaired) electrons. The van der Waals surface area contributed by atoms with Crippen LogP contribution in [0.2, 0.25) is 0 Å². The summed E-state index contributed by atoms with van der Waals surface area (Å²) in [6, 6.07) is 0. The average Bonchev–Trinajstić information content (AvgIpc) is 3.37. The number of carbonyl (C=O) groups is 5. The molecule has 308 valence electrons. The second-order valence-corrected chi connectivity index (χ2v) is 16.8. The molecule has 0 amide bonds. The lowest BCUT2D eigenvalue weighted by molar-refractivity contribution is -0.338. The van der Waals surface area contributed by atoms with Crippen molar-refractivity contribution < 1.29 is 63.0 Å². The van der Waals surface area contributed by atoms with Crippen LogP contribution >= 0.6 is 0 Å².